The minimum absolute atomic E-state index is 0.0402. The summed E-state index contributed by atoms with van der Waals surface area (Å²) in [6, 6.07) is 7.04. The zero-order valence-electron chi connectivity index (χ0n) is 38.4. The number of ketones is 1. The molecule has 0 saturated carbocycles. The van der Waals surface area contributed by atoms with Crippen molar-refractivity contribution in [2.24, 2.45) is 0 Å². The molecule has 1 N–H and O–H groups in total. The maximum Gasteiger partial charge on any atom is 0.436 e. The van der Waals surface area contributed by atoms with Crippen molar-refractivity contribution in [3.05, 3.63) is 78.3 Å². The van der Waals surface area contributed by atoms with Gasteiger partial charge >= 0.3 is 12.4 Å². The molecule has 67 heavy (non-hydrogen) atoms. The highest BCUT2D eigenvalue weighted by Crippen LogP contribution is 2.39. The standard InChI is InChI=1S/C21H26Cl2F3N5O2.C20H21Cl2F3N4O3.C2H6/c1-12(27-3)14-9-15(22)17(33-4)10-16(14)29-5-7-30(8-6-29)18(32)11-31-13(2)19(23)20(28-31)21(24,25)26;1-11-18(22)19(20(23,24)25)26-29(11)10-17(31)28-6-4-27(5-7-28)15-9-16(32-3)14(21)8-13(15)12(2)30;1-2/h9-10,12,27H,5-8,11H2,1-4H3;8-9H,4-7,10H2,1-3H3;1-2H3. The summed E-state index contributed by atoms with van der Waals surface area (Å²) in [5.41, 5.74) is 0.844. The van der Waals surface area contributed by atoms with Crippen LogP contribution < -0.4 is 24.6 Å². The van der Waals surface area contributed by atoms with E-state index < -0.39 is 33.8 Å². The van der Waals surface area contributed by atoms with E-state index in [1.165, 1.54) is 27.9 Å². The van der Waals surface area contributed by atoms with Gasteiger partial charge in [-0.3, -0.25) is 23.7 Å². The lowest BCUT2D eigenvalue weighted by Gasteiger charge is -2.38. The van der Waals surface area contributed by atoms with Gasteiger partial charge in [-0.25, -0.2) is 0 Å². The Balaban J connectivity index is 0.000000282. The van der Waals surface area contributed by atoms with Gasteiger partial charge in [-0.1, -0.05) is 60.3 Å². The first-order valence-electron chi connectivity index (χ1n) is 21.0. The van der Waals surface area contributed by atoms with E-state index in [0.717, 1.165) is 20.6 Å². The Bertz CT molecular complexity index is 2400. The largest absolute Gasteiger partial charge is 0.495 e. The molecule has 1 atom stereocenters. The molecule has 4 heterocycles. The van der Waals surface area contributed by atoms with Gasteiger partial charge in [-0.2, -0.15) is 36.5 Å². The van der Waals surface area contributed by atoms with Crippen LogP contribution in [0.4, 0.5) is 37.7 Å². The van der Waals surface area contributed by atoms with Crippen molar-refractivity contribution in [1.82, 2.24) is 34.7 Å². The van der Waals surface area contributed by atoms with Gasteiger partial charge < -0.3 is 34.4 Å². The van der Waals surface area contributed by atoms with E-state index in [9.17, 15) is 40.7 Å². The number of carbonyl (C=O) groups excluding carboxylic acids is 3. The summed E-state index contributed by atoms with van der Waals surface area (Å²) in [6.07, 6.45) is -9.38. The SMILES string of the molecule is CC.CNC(C)c1cc(Cl)c(OC)cc1N1CCN(C(=O)Cn2nc(C(F)(F)F)c(Cl)c2C)CC1.COc1cc(N2CCN(C(=O)Cn3nc(C(F)(F)F)c(Cl)c3C)CC2)c(C(C)=O)cc1Cl. The highest BCUT2D eigenvalue weighted by Gasteiger charge is 2.40. The Hall–Kier alpha value is -4.63. The maximum atomic E-state index is 13.0. The summed E-state index contributed by atoms with van der Waals surface area (Å²) < 4.78 is 90.8. The summed E-state index contributed by atoms with van der Waals surface area (Å²) in [4.78, 5) is 44.8. The number of ether oxygens (including phenoxy) is 2. The monoisotopic (exact) mass is 1030 g/mol. The van der Waals surface area contributed by atoms with Gasteiger partial charge in [-0.05, 0) is 52.4 Å². The molecule has 0 radical (unpaired) electrons. The Morgan fingerprint density at radius 3 is 1.39 bits per heavy atom. The van der Waals surface area contributed by atoms with Crippen LogP contribution >= 0.6 is 46.4 Å². The fourth-order valence-corrected chi connectivity index (χ4v) is 8.28. The Kier molecular flexibility index (Phi) is 19.0. The van der Waals surface area contributed by atoms with Crippen LogP contribution in [-0.2, 0) is 35.0 Å². The molecule has 2 aliphatic rings. The quantitative estimate of drug-likeness (QED) is 0.115. The fraction of sp³-hybridized carbons (Fsp3) is 0.512. The molecule has 24 heteroatoms. The van der Waals surface area contributed by atoms with Gasteiger partial charge in [0.1, 0.15) is 24.6 Å². The van der Waals surface area contributed by atoms with E-state index in [1.807, 2.05) is 44.9 Å². The molecule has 4 aromatic rings. The molecule has 6 rings (SSSR count). The molecule has 370 valence electrons. The average Bonchev–Trinajstić information content (AvgIpc) is 3.75. The number of piperazine rings is 2. The first-order chi connectivity index (χ1) is 31.4. The highest BCUT2D eigenvalue weighted by atomic mass is 35.5. The summed E-state index contributed by atoms with van der Waals surface area (Å²) >= 11 is 24.0. The molecule has 0 bridgehead atoms. The van der Waals surface area contributed by atoms with Crippen LogP contribution in [0.15, 0.2) is 24.3 Å². The second-order valence-electron chi connectivity index (χ2n) is 15.2. The van der Waals surface area contributed by atoms with E-state index in [-0.39, 0.29) is 48.1 Å². The number of Topliss-reactive ketones (excluding diaryl/α,β-unsaturated/α-hetero) is 1. The van der Waals surface area contributed by atoms with Gasteiger partial charge in [0.15, 0.2) is 17.2 Å². The van der Waals surface area contributed by atoms with Crippen LogP contribution in [-0.4, -0.2) is 121 Å². The van der Waals surface area contributed by atoms with Crippen molar-refractivity contribution >= 4 is 75.4 Å². The number of rotatable bonds is 11. The van der Waals surface area contributed by atoms with Crippen LogP contribution in [0.2, 0.25) is 20.1 Å². The zero-order chi connectivity index (χ0) is 50.3. The van der Waals surface area contributed by atoms with Crippen LogP contribution in [0.1, 0.15) is 72.4 Å². The number of carbonyl (C=O) groups is 3. The third kappa shape index (κ3) is 12.9. The van der Waals surface area contributed by atoms with Gasteiger partial charge in [0.05, 0.1) is 51.4 Å². The number of anilines is 2. The molecule has 1 unspecified atom stereocenters. The number of aromatic nitrogens is 4. The zero-order valence-corrected chi connectivity index (χ0v) is 41.4. The van der Waals surface area contributed by atoms with Crippen molar-refractivity contribution in [3.63, 3.8) is 0 Å². The van der Waals surface area contributed by atoms with E-state index in [1.54, 1.807) is 29.0 Å². The lowest BCUT2D eigenvalue weighted by Crippen LogP contribution is -2.50. The summed E-state index contributed by atoms with van der Waals surface area (Å²) in [7, 11) is 4.89. The van der Waals surface area contributed by atoms with E-state index >= 15 is 0 Å². The molecule has 2 aliphatic heterocycles. The predicted octanol–water partition coefficient (Wildman–Crippen LogP) is 9.26. The van der Waals surface area contributed by atoms with Crippen molar-refractivity contribution < 1.29 is 50.2 Å². The molecular weight excluding hydrogens is 978 g/mol. The third-order valence-corrected chi connectivity index (χ3v) is 12.7. The smallest absolute Gasteiger partial charge is 0.436 e. The first-order valence-corrected chi connectivity index (χ1v) is 22.5. The summed E-state index contributed by atoms with van der Waals surface area (Å²) in [5, 5.41) is 10.0. The summed E-state index contributed by atoms with van der Waals surface area (Å²) in [6.45, 7) is 13.0. The number of nitrogens with one attached hydrogen (secondary N) is 1. The molecular formula is C43H53Cl4F6N9O5. The Morgan fingerprint density at radius 2 is 1.04 bits per heavy atom. The fourth-order valence-electron chi connectivity index (χ4n) is 7.30. The number of hydrogen-bond donors (Lipinski definition) is 1. The van der Waals surface area contributed by atoms with Crippen LogP contribution in [0.25, 0.3) is 0 Å². The number of hydrogen-bond acceptors (Lipinski definition) is 10. The molecule has 2 aromatic carbocycles. The Labute approximate surface area is 404 Å². The predicted molar refractivity (Wildman–Crippen MR) is 246 cm³/mol. The Morgan fingerprint density at radius 1 is 0.672 bits per heavy atom. The van der Waals surface area contributed by atoms with Gasteiger partial charge in [0.2, 0.25) is 11.8 Å². The number of nitrogens with zero attached hydrogens (tertiary/aromatic N) is 8. The van der Waals surface area contributed by atoms with Crippen LogP contribution in [0, 0.1) is 13.8 Å². The normalized spacial score (nSPS) is 14.8. The van der Waals surface area contributed by atoms with Crippen LogP contribution in [0.5, 0.6) is 11.5 Å². The van der Waals surface area contributed by atoms with Crippen molar-refractivity contribution in [3.8, 4) is 11.5 Å². The lowest BCUT2D eigenvalue weighted by molar-refractivity contribution is -0.142. The van der Waals surface area contributed by atoms with Gasteiger partial charge in [0.25, 0.3) is 0 Å². The minimum atomic E-state index is -4.70. The molecule has 14 nitrogen and oxygen atoms in total. The second-order valence-corrected chi connectivity index (χ2v) is 16.7. The highest BCUT2D eigenvalue weighted by molar-refractivity contribution is 6.33. The first kappa shape index (κ1) is 55.0. The van der Waals surface area contributed by atoms with Gasteiger partial charge in [-0.15, -0.1) is 0 Å². The molecule has 2 aromatic heterocycles. The number of alkyl halides is 6. The number of amides is 2. The second kappa shape index (κ2) is 23.1. The number of methoxy groups -OCH3 is 2. The molecule has 2 saturated heterocycles. The van der Waals surface area contributed by atoms with E-state index in [2.05, 4.69) is 20.4 Å². The molecule has 0 spiro atoms. The molecule has 0 aliphatic carbocycles. The number of benzene rings is 2. The van der Waals surface area contributed by atoms with Gasteiger partial charge in [0, 0.05) is 81.8 Å². The molecule has 2 amide bonds. The maximum absolute atomic E-state index is 13.0. The lowest BCUT2D eigenvalue weighted by atomic mass is 10.0. The van der Waals surface area contributed by atoms with Crippen molar-refractivity contribution in [2.75, 3.05) is 83.4 Å². The van der Waals surface area contributed by atoms with Crippen LogP contribution in [0.3, 0.4) is 0 Å². The summed E-state index contributed by atoms with van der Waals surface area (Å²) in [5.74, 6) is 0.138. The average molecular weight is 1030 g/mol. The van der Waals surface area contributed by atoms with E-state index in [4.69, 9.17) is 55.9 Å². The molecule has 2 fully saturated rings. The van der Waals surface area contributed by atoms with Crippen molar-refractivity contribution in [2.45, 2.75) is 73.0 Å². The van der Waals surface area contributed by atoms with E-state index in [0.29, 0.717) is 85.2 Å². The minimum Gasteiger partial charge on any atom is -0.495 e. The number of halogens is 10. The van der Waals surface area contributed by atoms with Crippen molar-refractivity contribution in [1.29, 1.82) is 0 Å². The third-order valence-electron chi connectivity index (χ3n) is 11.2. The topological polar surface area (TPSA) is 130 Å².